The third-order valence-electron chi connectivity index (χ3n) is 3.35. The van der Waals surface area contributed by atoms with Gasteiger partial charge in [0.25, 0.3) is 0 Å². The van der Waals surface area contributed by atoms with E-state index in [0.717, 1.165) is 16.9 Å². The summed E-state index contributed by atoms with van der Waals surface area (Å²) in [6, 6.07) is 10.5. The van der Waals surface area contributed by atoms with Gasteiger partial charge in [0.1, 0.15) is 19.0 Å². The molecule has 0 saturated heterocycles. The summed E-state index contributed by atoms with van der Waals surface area (Å²) in [5.41, 5.74) is 2.36. The van der Waals surface area contributed by atoms with Crippen molar-refractivity contribution in [1.82, 2.24) is 0 Å². The molecule has 0 unspecified atom stereocenters. The van der Waals surface area contributed by atoms with Crippen molar-refractivity contribution in [2.24, 2.45) is 0 Å². The SMILES string of the molecule is COc1cc(C(=O)O)ccc1OCCOc1cc(C)ccc1C. The smallest absolute Gasteiger partial charge is 0.335 e. The number of carbonyl (C=O) groups is 1. The molecule has 2 aromatic carbocycles. The van der Waals surface area contributed by atoms with E-state index in [2.05, 4.69) is 0 Å². The van der Waals surface area contributed by atoms with Crippen molar-refractivity contribution >= 4 is 5.97 Å². The highest BCUT2D eigenvalue weighted by atomic mass is 16.5. The lowest BCUT2D eigenvalue weighted by atomic mass is 10.1. The van der Waals surface area contributed by atoms with Gasteiger partial charge in [0, 0.05) is 0 Å². The van der Waals surface area contributed by atoms with Crippen molar-refractivity contribution in [1.29, 1.82) is 0 Å². The van der Waals surface area contributed by atoms with Crippen molar-refractivity contribution in [2.45, 2.75) is 13.8 Å². The molecule has 1 N–H and O–H groups in total. The molecule has 0 spiro atoms. The van der Waals surface area contributed by atoms with Crippen LogP contribution in [0.1, 0.15) is 21.5 Å². The van der Waals surface area contributed by atoms with E-state index < -0.39 is 5.97 Å². The normalized spacial score (nSPS) is 10.2. The summed E-state index contributed by atoms with van der Waals surface area (Å²) in [6.45, 7) is 4.71. The van der Waals surface area contributed by atoms with Crippen molar-refractivity contribution in [3.05, 3.63) is 53.1 Å². The molecule has 0 aliphatic rings. The van der Waals surface area contributed by atoms with E-state index in [0.29, 0.717) is 24.7 Å². The lowest BCUT2D eigenvalue weighted by molar-refractivity contribution is 0.0696. The van der Waals surface area contributed by atoms with Gasteiger partial charge in [-0.05, 0) is 49.2 Å². The maximum Gasteiger partial charge on any atom is 0.335 e. The third-order valence-corrected chi connectivity index (χ3v) is 3.35. The summed E-state index contributed by atoms with van der Waals surface area (Å²) >= 11 is 0. The van der Waals surface area contributed by atoms with Gasteiger partial charge in [0.2, 0.25) is 0 Å². The number of hydrogen-bond acceptors (Lipinski definition) is 4. The average Bonchev–Trinajstić information content (AvgIpc) is 2.54. The van der Waals surface area contributed by atoms with Gasteiger partial charge in [-0.3, -0.25) is 0 Å². The van der Waals surface area contributed by atoms with Crippen molar-refractivity contribution in [2.75, 3.05) is 20.3 Å². The minimum absolute atomic E-state index is 0.154. The molecule has 0 saturated carbocycles. The predicted molar refractivity (Wildman–Crippen MR) is 86.9 cm³/mol. The molecule has 0 amide bonds. The number of carboxylic acids is 1. The van der Waals surface area contributed by atoms with Gasteiger partial charge in [0.15, 0.2) is 11.5 Å². The summed E-state index contributed by atoms with van der Waals surface area (Å²) in [7, 11) is 1.47. The van der Waals surface area contributed by atoms with Crippen molar-refractivity contribution < 1.29 is 24.1 Å². The first-order valence-corrected chi connectivity index (χ1v) is 7.25. The zero-order valence-electron chi connectivity index (χ0n) is 13.5. The molecule has 0 fully saturated rings. The molecular weight excluding hydrogens is 296 g/mol. The van der Waals surface area contributed by atoms with E-state index in [1.165, 1.54) is 19.2 Å². The Labute approximate surface area is 135 Å². The van der Waals surface area contributed by atoms with E-state index >= 15 is 0 Å². The highest BCUT2D eigenvalue weighted by Gasteiger charge is 2.10. The first-order chi connectivity index (χ1) is 11.0. The van der Waals surface area contributed by atoms with Crippen LogP contribution in [0, 0.1) is 13.8 Å². The Morgan fingerprint density at radius 3 is 2.30 bits per heavy atom. The summed E-state index contributed by atoms with van der Waals surface area (Å²) in [5, 5.41) is 8.97. The molecule has 0 aromatic heterocycles. The molecular formula is C18H20O5. The van der Waals surface area contributed by atoms with Crippen LogP contribution in [0.3, 0.4) is 0 Å². The monoisotopic (exact) mass is 316 g/mol. The van der Waals surface area contributed by atoms with Crippen LogP contribution in [-0.4, -0.2) is 31.4 Å². The van der Waals surface area contributed by atoms with Crippen LogP contribution in [0.15, 0.2) is 36.4 Å². The molecule has 0 atom stereocenters. The number of aryl methyl sites for hydroxylation is 2. The number of hydrogen-bond donors (Lipinski definition) is 1. The molecule has 5 nitrogen and oxygen atoms in total. The number of methoxy groups -OCH3 is 1. The molecule has 2 aromatic rings. The zero-order valence-corrected chi connectivity index (χ0v) is 13.5. The van der Waals surface area contributed by atoms with Gasteiger partial charge in [-0.1, -0.05) is 12.1 Å². The predicted octanol–water partition coefficient (Wildman–Crippen LogP) is 3.47. The van der Waals surface area contributed by atoms with E-state index in [9.17, 15) is 4.79 Å². The molecule has 0 aliphatic heterocycles. The number of carboxylic acid groups (broad SMARTS) is 1. The zero-order chi connectivity index (χ0) is 16.8. The average molecular weight is 316 g/mol. The van der Waals surface area contributed by atoms with E-state index in [-0.39, 0.29) is 5.56 Å². The van der Waals surface area contributed by atoms with Gasteiger partial charge in [-0.25, -0.2) is 4.79 Å². The maximum absolute atomic E-state index is 10.9. The first-order valence-electron chi connectivity index (χ1n) is 7.25. The second kappa shape index (κ2) is 7.54. The Kier molecular flexibility index (Phi) is 5.46. The Balaban J connectivity index is 1.93. The van der Waals surface area contributed by atoms with Crippen LogP contribution < -0.4 is 14.2 Å². The molecule has 0 aliphatic carbocycles. The van der Waals surface area contributed by atoms with Gasteiger partial charge in [0.05, 0.1) is 12.7 Å². The van der Waals surface area contributed by atoms with Crippen LogP contribution in [0.2, 0.25) is 0 Å². The molecule has 2 rings (SSSR count). The van der Waals surface area contributed by atoms with Gasteiger partial charge in [-0.15, -0.1) is 0 Å². The molecule has 122 valence electrons. The van der Waals surface area contributed by atoms with E-state index in [1.807, 2.05) is 32.0 Å². The van der Waals surface area contributed by atoms with Crippen LogP contribution in [0.5, 0.6) is 17.2 Å². The van der Waals surface area contributed by atoms with Crippen LogP contribution in [0.4, 0.5) is 0 Å². The highest BCUT2D eigenvalue weighted by Crippen LogP contribution is 2.28. The van der Waals surface area contributed by atoms with Gasteiger partial charge >= 0.3 is 5.97 Å². The Bertz CT molecular complexity index is 694. The lowest BCUT2D eigenvalue weighted by Crippen LogP contribution is -2.10. The second-order valence-corrected chi connectivity index (χ2v) is 5.14. The van der Waals surface area contributed by atoms with E-state index in [1.54, 1.807) is 6.07 Å². The van der Waals surface area contributed by atoms with E-state index in [4.69, 9.17) is 19.3 Å². The topological polar surface area (TPSA) is 65.0 Å². The van der Waals surface area contributed by atoms with Crippen molar-refractivity contribution in [3.8, 4) is 17.2 Å². The molecule has 0 heterocycles. The van der Waals surface area contributed by atoms with Gasteiger partial charge < -0.3 is 19.3 Å². The minimum atomic E-state index is -1.01. The minimum Gasteiger partial charge on any atom is -0.493 e. The number of ether oxygens (including phenoxy) is 3. The summed E-state index contributed by atoms with van der Waals surface area (Å²) in [6.07, 6.45) is 0. The number of aromatic carboxylic acids is 1. The second-order valence-electron chi connectivity index (χ2n) is 5.14. The number of benzene rings is 2. The summed E-state index contributed by atoms with van der Waals surface area (Å²) in [5.74, 6) is 0.702. The van der Waals surface area contributed by atoms with Crippen LogP contribution >= 0.6 is 0 Å². The fraction of sp³-hybridized carbons (Fsp3) is 0.278. The summed E-state index contributed by atoms with van der Waals surface area (Å²) in [4.78, 5) is 10.9. The largest absolute Gasteiger partial charge is 0.493 e. The molecule has 0 radical (unpaired) electrons. The molecule has 23 heavy (non-hydrogen) atoms. The molecule has 0 bridgehead atoms. The fourth-order valence-electron chi connectivity index (χ4n) is 2.09. The lowest BCUT2D eigenvalue weighted by Gasteiger charge is -2.13. The fourth-order valence-corrected chi connectivity index (χ4v) is 2.09. The molecule has 5 heteroatoms. The standard InChI is InChI=1S/C18H20O5/c1-12-4-5-13(2)16(10-12)23-9-8-22-15-7-6-14(18(19)20)11-17(15)21-3/h4-7,10-11H,8-9H2,1-3H3,(H,19,20). The Morgan fingerprint density at radius 2 is 1.65 bits per heavy atom. The van der Waals surface area contributed by atoms with Crippen LogP contribution in [0.25, 0.3) is 0 Å². The van der Waals surface area contributed by atoms with Gasteiger partial charge in [-0.2, -0.15) is 0 Å². The van der Waals surface area contributed by atoms with Crippen molar-refractivity contribution in [3.63, 3.8) is 0 Å². The quantitative estimate of drug-likeness (QED) is 0.792. The third kappa shape index (κ3) is 4.39. The number of rotatable bonds is 7. The summed E-state index contributed by atoms with van der Waals surface area (Å²) < 4.78 is 16.5. The maximum atomic E-state index is 10.9. The Morgan fingerprint density at radius 1 is 0.957 bits per heavy atom. The Hall–Kier alpha value is -2.69. The van der Waals surface area contributed by atoms with Crippen LogP contribution in [-0.2, 0) is 0 Å². The highest BCUT2D eigenvalue weighted by molar-refractivity contribution is 5.88. The first kappa shape index (κ1) is 16.7.